The lowest BCUT2D eigenvalue weighted by Crippen LogP contribution is -2.20. The Labute approximate surface area is 126 Å². The Kier molecular flexibility index (Phi) is 4.20. The van der Waals surface area contributed by atoms with Crippen molar-refractivity contribution in [3.8, 4) is 5.75 Å². The van der Waals surface area contributed by atoms with E-state index in [0.29, 0.717) is 12.1 Å². The molecule has 0 aliphatic carbocycles. The average molecular weight is 282 g/mol. The molecule has 1 aromatic carbocycles. The lowest BCUT2D eigenvalue weighted by Gasteiger charge is -2.18. The summed E-state index contributed by atoms with van der Waals surface area (Å²) in [6.07, 6.45) is 4.21. The molecule has 2 heterocycles. The van der Waals surface area contributed by atoms with E-state index in [1.54, 1.807) is 0 Å². The van der Waals surface area contributed by atoms with Crippen LogP contribution in [0.25, 0.3) is 0 Å². The van der Waals surface area contributed by atoms with Crippen molar-refractivity contribution in [2.75, 3.05) is 0 Å². The van der Waals surface area contributed by atoms with Crippen molar-refractivity contribution in [1.82, 2.24) is 10.3 Å². The van der Waals surface area contributed by atoms with E-state index in [0.717, 1.165) is 30.8 Å². The SMILES string of the molecule is CC[C@@H](NCc1ccccn1)c1ccc2c(c1)C[C@H](C)O2. The molecule has 1 N–H and O–H groups in total. The molecule has 2 atom stereocenters. The average Bonchev–Trinajstić information content (AvgIpc) is 2.88. The first-order valence-electron chi connectivity index (χ1n) is 7.69. The summed E-state index contributed by atoms with van der Waals surface area (Å²) in [4.78, 5) is 4.36. The first-order valence-corrected chi connectivity index (χ1v) is 7.69. The molecule has 0 spiro atoms. The van der Waals surface area contributed by atoms with Crippen molar-refractivity contribution < 1.29 is 4.74 Å². The van der Waals surface area contributed by atoms with Crippen molar-refractivity contribution in [2.24, 2.45) is 0 Å². The van der Waals surface area contributed by atoms with Gasteiger partial charge in [0.15, 0.2) is 0 Å². The van der Waals surface area contributed by atoms with Crippen LogP contribution < -0.4 is 10.1 Å². The predicted octanol–water partition coefficient (Wildman–Crippen LogP) is 3.65. The molecule has 110 valence electrons. The minimum Gasteiger partial charge on any atom is -0.490 e. The summed E-state index contributed by atoms with van der Waals surface area (Å²) in [7, 11) is 0. The van der Waals surface area contributed by atoms with Gasteiger partial charge in [-0.15, -0.1) is 0 Å². The maximum Gasteiger partial charge on any atom is 0.123 e. The number of rotatable bonds is 5. The predicted molar refractivity (Wildman–Crippen MR) is 84.3 cm³/mol. The van der Waals surface area contributed by atoms with Gasteiger partial charge in [0, 0.05) is 25.2 Å². The van der Waals surface area contributed by atoms with Gasteiger partial charge in [0.2, 0.25) is 0 Å². The topological polar surface area (TPSA) is 34.2 Å². The van der Waals surface area contributed by atoms with Crippen LogP contribution in [-0.2, 0) is 13.0 Å². The van der Waals surface area contributed by atoms with Gasteiger partial charge >= 0.3 is 0 Å². The first-order chi connectivity index (χ1) is 10.3. The van der Waals surface area contributed by atoms with E-state index in [9.17, 15) is 0 Å². The Bertz CT molecular complexity index is 597. The summed E-state index contributed by atoms with van der Waals surface area (Å²) in [5, 5.41) is 3.60. The van der Waals surface area contributed by atoms with E-state index in [1.165, 1.54) is 11.1 Å². The highest BCUT2D eigenvalue weighted by Crippen LogP contribution is 2.31. The number of nitrogens with zero attached hydrogens (tertiary/aromatic N) is 1. The number of hydrogen-bond acceptors (Lipinski definition) is 3. The van der Waals surface area contributed by atoms with Gasteiger partial charge in [-0.1, -0.05) is 25.1 Å². The van der Waals surface area contributed by atoms with E-state index in [-0.39, 0.29) is 0 Å². The Morgan fingerprint density at radius 3 is 3.00 bits per heavy atom. The Morgan fingerprint density at radius 2 is 2.24 bits per heavy atom. The second kappa shape index (κ2) is 6.27. The van der Waals surface area contributed by atoms with Gasteiger partial charge in [-0.2, -0.15) is 0 Å². The van der Waals surface area contributed by atoms with Gasteiger partial charge in [-0.25, -0.2) is 0 Å². The molecule has 0 bridgehead atoms. The summed E-state index contributed by atoms with van der Waals surface area (Å²) in [5.41, 5.74) is 3.75. The molecule has 0 saturated heterocycles. The van der Waals surface area contributed by atoms with Crippen LogP contribution in [0.3, 0.4) is 0 Å². The Balaban J connectivity index is 1.70. The smallest absolute Gasteiger partial charge is 0.123 e. The third-order valence-electron chi connectivity index (χ3n) is 3.99. The minimum absolute atomic E-state index is 0.303. The fourth-order valence-corrected chi connectivity index (χ4v) is 2.89. The molecule has 1 aromatic heterocycles. The molecule has 2 aromatic rings. The number of fused-ring (bicyclic) bond motifs is 1. The van der Waals surface area contributed by atoms with Crippen molar-refractivity contribution in [2.45, 2.75) is 45.4 Å². The van der Waals surface area contributed by atoms with Crippen molar-refractivity contribution in [3.05, 3.63) is 59.4 Å². The molecule has 1 aliphatic heterocycles. The van der Waals surface area contributed by atoms with Crippen molar-refractivity contribution in [1.29, 1.82) is 0 Å². The van der Waals surface area contributed by atoms with Crippen LogP contribution >= 0.6 is 0 Å². The van der Waals surface area contributed by atoms with E-state index >= 15 is 0 Å². The Morgan fingerprint density at radius 1 is 1.33 bits per heavy atom. The van der Waals surface area contributed by atoms with Crippen LogP contribution in [0.2, 0.25) is 0 Å². The summed E-state index contributed by atoms with van der Waals surface area (Å²) in [6, 6.07) is 13.0. The van der Waals surface area contributed by atoms with Gasteiger partial charge in [0.1, 0.15) is 11.9 Å². The molecular formula is C18H22N2O. The molecule has 3 rings (SSSR count). The highest BCUT2D eigenvalue weighted by atomic mass is 16.5. The molecule has 0 unspecified atom stereocenters. The maximum absolute atomic E-state index is 5.77. The number of hydrogen-bond donors (Lipinski definition) is 1. The van der Waals surface area contributed by atoms with Gasteiger partial charge in [-0.3, -0.25) is 4.98 Å². The molecule has 3 heteroatoms. The largest absolute Gasteiger partial charge is 0.490 e. The third-order valence-corrected chi connectivity index (χ3v) is 3.99. The number of pyridine rings is 1. The van der Waals surface area contributed by atoms with Crippen molar-refractivity contribution in [3.63, 3.8) is 0 Å². The van der Waals surface area contributed by atoms with Crippen LogP contribution in [0.5, 0.6) is 5.75 Å². The van der Waals surface area contributed by atoms with Crippen molar-refractivity contribution >= 4 is 0 Å². The zero-order chi connectivity index (χ0) is 14.7. The van der Waals surface area contributed by atoms with Gasteiger partial charge in [0.05, 0.1) is 5.69 Å². The minimum atomic E-state index is 0.303. The van der Waals surface area contributed by atoms with Crippen LogP contribution in [0.4, 0.5) is 0 Å². The van der Waals surface area contributed by atoms with Crippen LogP contribution in [0.1, 0.15) is 43.1 Å². The van der Waals surface area contributed by atoms with E-state index in [1.807, 2.05) is 18.3 Å². The fraction of sp³-hybridized carbons (Fsp3) is 0.389. The monoisotopic (exact) mass is 282 g/mol. The highest BCUT2D eigenvalue weighted by molar-refractivity contribution is 5.41. The maximum atomic E-state index is 5.77. The van der Waals surface area contributed by atoms with Gasteiger partial charge in [0.25, 0.3) is 0 Å². The summed E-state index contributed by atoms with van der Waals surface area (Å²) in [5.74, 6) is 1.05. The molecule has 3 nitrogen and oxygen atoms in total. The van der Waals surface area contributed by atoms with Gasteiger partial charge in [-0.05, 0) is 42.7 Å². The standard InChI is InChI=1S/C18H22N2O/c1-3-17(20-12-16-6-4-5-9-19-16)14-7-8-18-15(11-14)10-13(2)21-18/h4-9,11,13,17,20H,3,10,12H2,1-2H3/t13-,17+/m0/s1. The number of aromatic nitrogens is 1. The third kappa shape index (κ3) is 3.24. The molecule has 0 fully saturated rings. The summed E-state index contributed by atoms with van der Waals surface area (Å²) in [6.45, 7) is 5.13. The normalized spacial score (nSPS) is 18.1. The van der Waals surface area contributed by atoms with Crippen LogP contribution in [0, 0.1) is 0 Å². The quantitative estimate of drug-likeness (QED) is 0.909. The number of nitrogens with one attached hydrogen (secondary N) is 1. The fourth-order valence-electron chi connectivity index (χ4n) is 2.89. The van der Waals surface area contributed by atoms with Crippen LogP contribution in [-0.4, -0.2) is 11.1 Å². The lowest BCUT2D eigenvalue weighted by atomic mass is 10.00. The van der Waals surface area contributed by atoms with Crippen LogP contribution in [0.15, 0.2) is 42.6 Å². The zero-order valence-electron chi connectivity index (χ0n) is 12.7. The Hall–Kier alpha value is -1.87. The molecule has 0 saturated carbocycles. The lowest BCUT2D eigenvalue weighted by molar-refractivity contribution is 0.254. The molecule has 0 radical (unpaired) electrons. The van der Waals surface area contributed by atoms with E-state index in [4.69, 9.17) is 4.74 Å². The number of benzene rings is 1. The summed E-state index contributed by atoms with van der Waals surface area (Å²) >= 11 is 0. The van der Waals surface area contributed by atoms with E-state index in [2.05, 4.69) is 48.4 Å². The molecule has 21 heavy (non-hydrogen) atoms. The second-order valence-corrected chi connectivity index (χ2v) is 5.66. The highest BCUT2D eigenvalue weighted by Gasteiger charge is 2.20. The first kappa shape index (κ1) is 14.1. The second-order valence-electron chi connectivity index (χ2n) is 5.66. The molecular weight excluding hydrogens is 260 g/mol. The molecule has 0 amide bonds. The van der Waals surface area contributed by atoms with E-state index < -0.39 is 0 Å². The molecule has 1 aliphatic rings. The number of ether oxygens (including phenoxy) is 1. The zero-order valence-corrected chi connectivity index (χ0v) is 12.7. The van der Waals surface area contributed by atoms with Gasteiger partial charge < -0.3 is 10.1 Å². The summed E-state index contributed by atoms with van der Waals surface area (Å²) < 4.78 is 5.77.